The first-order valence-corrected chi connectivity index (χ1v) is 7.75. The van der Waals surface area contributed by atoms with E-state index in [1.807, 2.05) is 12.1 Å². The number of halogens is 1. The number of alkyl halides is 1. The van der Waals surface area contributed by atoms with Gasteiger partial charge in [-0.1, -0.05) is 12.5 Å². The van der Waals surface area contributed by atoms with E-state index in [4.69, 9.17) is 16.6 Å². The number of para-hydroxylation sites is 1. The lowest BCUT2D eigenvalue weighted by Crippen LogP contribution is -2.24. The molecule has 1 unspecified atom stereocenters. The fourth-order valence-electron chi connectivity index (χ4n) is 3.10. The molecule has 0 N–H and O–H groups in total. The van der Waals surface area contributed by atoms with E-state index < -0.39 is 0 Å². The van der Waals surface area contributed by atoms with Crippen molar-refractivity contribution in [2.24, 2.45) is 5.92 Å². The molecule has 3 nitrogen and oxygen atoms in total. The van der Waals surface area contributed by atoms with Gasteiger partial charge in [0.2, 0.25) is 0 Å². The van der Waals surface area contributed by atoms with Crippen molar-refractivity contribution >= 4 is 22.6 Å². The van der Waals surface area contributed by atoms with Crippen molar-refractivity contribution in [2.45, 2.75) is 38.6 Å². The van der Waals surface area contributed by atoms with Gasteiger partial charge in [-0.3, -0.25) is 0 Å². The van der Waals surface area contributed by atoms with Gasteiger partial charge in [-0.15, -0.1) is 11.6 Å². The van der Waals surface area contributed by atoms with Crippen molar-refractivity contribution in [3.05, 3.63) is 29.6 Å². The Balaban J connectivity index is 2.16. The summed E-state index contributed by atoms with van der Waals surface area (Å²) in [6.45, 7) is 2.27. The maximum atomic E-state index is 9.25. The van der Waals surface area contributed by atoms with Crippen molar-refractivity contribution in [2.75, 3.05) is 5.88 Å². The zero-order valence-corrected chi connectivity index (χ0v) is 12.4. The van der Waals surface area contributed by atoms with E-state index in [-0.39, 0.29) is 0 Å². The summed E-state index contributed by atoms with van der Waals surface area (Å²) >= 11 is 5.92. The molecule has 1 aromatic heterocycles. The summed E-state index contributed by atoms with van der Waals surface area (Å²) in [5.74, 6) is 2.30. The van der Waals surface area contributed by atoms with Crippen LogP contribution in [0, 0.1) is 17.2 Å². The van der Waals surface area contributed by atoms with Crippen molar-refractivity contribution in [1.82, 2.24) is 9.55 Å². The van der Waals surface area contributed by atoms with Crippen LogP contribution in [0.1, 0.15) is 43.6 Å². The highest BCUT2D eigenvalue weighted by Crippen LogP contribution is 2.38. The largest absolute Gasteiger partial charge is 0.325 e. The lowest BCUT2D eigenvalue weighted by Gasteiger charge is -2.33. The minimum Gasteiger partial charge on any atom is -0.325 e. The van der Waals surface area contributed by atoms with Crippen LogP contribution in [0.5, 0.6) is 0 Å². The van der Waals surface area contributed by atoms with Crippen molar-refractivity contribution < 1.29 is 0 Å². The first kappa shape index (κ1) is 13.5. The van der Waals surface area contributed by atoms with E-state index in [0.717, 1.165) is 29.2 Å². The van der Waals surface area contributed by atoms with E-state index >= 15 is 0 Å². The summed E-state index contributed by atoms with van der Waals surface area (Å²) in [5, 5.41) is 9.25. The van der Waals surface area contributed by atoms with Crippen LogP contribution in [0.25, 0.3) is 11.0 Å². The molecule has 1 aliphatic rings. The molecule has 20 heavy (non-hydrogen) atoms. The number of nitrogens with zero attached hydrogens (tertiary/aromatic N) is 3. The minimum atomic E-state index is 0.431. The lowest BCUT2D eigenvalue weighted by molar-refractivity contribution is 0.223. The molecule has 0 bridgehead atoms. The Labute approximate surface area is 124 Å². The molecule has 0 spiro atoms. The molecule has 1 fully saturated rings. The topological polar surface area (TPSA) is 41.6 Å². The Bertz CT molecular complexity index is 664. The molecule has 0 saturated heterocycles. The van der Waals surface area contributed by atoms with Crippen LogP contribution in [0.4, 0.5) is 0 Å². The number of rotatable bonds is 4. The van der Waals surface area contributed by atoms with Crippen LogP contribution in [-0.4, -0.2) is 15.4 Å². The fourth-order valence-corrected chi connectivity index (χ4v) is 3.27. The quantitative estimate of drug-likeness (QED) is 0.796. The van der Waals surface area contributed by atoms with Gasteiger partial charge in [0.15, 0.2) is 0 Å². The Morgan fingerprint density at radius 1 is 1.50 bits per heavy atom. The van der Waals surface area contributed by atoms with E-state index in [9.17, 15) is 5.26 Å². The summed E-state index contributed by atoms with van der Waals surface area (Å²) in [7, 11) is 0. The second kappa shape index (κ2) is 5.46. The third kappa shape index (κ3) is 2.09. The van der Waals surface area contributed by atoms with Gasteiger partial charge in [0, 0.05) is 18.3 Å². The summed E-state index contributed by atoms with van der Waals surface area (Å²) < 4.78 is 2.31. The first-order valence-electron chi connectivity index (χ1n) is 7.22. The molecule has 0 aliphatic heterocycles. The maximum absolute atomic E-state index is 9.25. The smallest absolute Gasteiger partial charge is 0.111 e. The molecule has 1 heterocycles. The second-order valence-corrected chi connectivity index (χ2v) is 5.93. The molecule has 1 saturated carbocycles. The number of aryl methyl sites for hydroxylation is 1. The third-order valence-corrected chi connectivity index (χ3v) is 4.66. The van der Waals surface area contributed by atoms with Crippen LogP contribution in [0.3, 0.4) is 0 Å². The van der Waals surface area contributed by atoms with Gasteiger partial charge >= 0.3 is 0 Å². The number of nitriles is 1. The Hall–Kier alpha value is -1.53. The predicted molar refractivity (Wildman–Crippen MR) is 80.9 cm³/mol. The van der Waals surface area contributed by atoms with Crippen molar-refractivity contribution in [1.29, 1.82) is 5.26 Å². The van der Waals surface area contributed by atoms with E-state index in [1.54, 1.807) is 0 Å². The Morgan fingerprint density at radius 2 is 2.30 bits per heavy atom. The molecule has 1 atom stereocenters. The fraction of sp³-hybridized carbons (Fsp3) is 0.500. The Morgan fingerprint density at radius 3 is 2.90 bits per heavy atom. The van der Waals surface area contributed by atoms with Gasteiger partial charge in [0.05, 0.1) is 11.1 Å². The zero-order valence-electron chi connectivity index (χ0n) is 11.6. The molecular formula is C16H18ClN3. The maximum Gasteiger partial charge on any atom is 0.111 e. The molecule has 1 aromatic carbocycles. The minimum absolute atomic E-state index is 0.431. The van der Waals surface area contributed by atoms with E-state index in [1.165, 1.54) is 19.3 Å². The van der Waals surface area contributed by atoms with Gasteiger partial charge in [0.1, 0.15) is 17.4 Å². The molecule has 3 rings (SSSR count). The average Bonchev–Trinajstić information content (AvgIpc) is 2.74. The average molecular weight is 288 g/mol. The van der Waals surface area contributed by atoms with Gasteiger partial charge in [-0.2, -0.15) is 5.26 Å². The highest BCUT2D eigenvalue weighted by atomic mass is 35.5. The van der Waals surface area contributed by atoms with Crippen molar-refractivity contribution in [3.8, 4) is 6.07 Å². The summed E-state index contributed by atoms with van der Waals surface area (Å²) in [4.78, 5) is 4.69. The summed E-state index contributed by atoms with van der Waals surface area (Å²) in [6.07, 6.45) is 4.66. The number of hydrogen-bond donors (Lipinski definition) is 0. The van der Waals surface area contributed by atoms with Gasteiger partial charge < -0.3 is 4.57 Å². The molecule has 2 aromatic rings. The van der Waals surface area contributed by atoms with Crippen LogP contribution >= 0.6 is 11.6 Å². The third-order valence-electron chi connectivity index (χ3n) is 4.47. The van der Waals surface area contributed by atoms with Crippen LogP contribution in [0.15, 0.2) is 18.2 Å². The molecule has 4 heteroatoms. The number of benzene rings is 1. The first-order chi connectivity index (χ1) is 9.76. The SMILES string of the molecule is CC(C1CCC1)n1c(CCCl)nc2c(C#N)cccc21. The molecule has 1 aliphatic carbocycles. The monoisotopic (exact) mass is 287 g/mol. The highest BCUT2D eigenvalue weighted by Gasteiger charge is 2.28. The van der Waals surface area contributed by atoms with Gasteiger partial charge in [0.25, 0.3) is 0 Å². The normalized spacial score (nSPS) is 16.9. The lowest BCUT2D eigenvalue weighted by atomic mass is 9.80. The Kier molecular flexibility index (Phi) is 3.67. The number of fused-ring (bicyclic) bond motifs is 1. The van der Waals surface area contributed by atoms with Crippen LogP contribution in [0.2, 0.25) is 0 Å². The zero-order chi connectivity index (χ0) is 14.1. The highest BCUT2D eigenvalue weighted by molar-refractivity contribution is 6.17. The van der Waals surface area contributed by atoms with Crippen molar-refractivity contribution in [3.63, 3.8) is 0 Å². The van der Waals surface area contributed by atoms with E-state index in [2.05, 4.69) is 23.6 Å². The van der Waals surface area contributed by atoms with Gasteiger partial charge in [-0.25, -0.2) is 4.98 Å². The summed E-state index contributed by atoms with van der Waals surface area (Å²) in [5.41, 5.74) is 2.54. The standard InChI is InChI=1S/C16H18ClN3/c1-11(12-4-2-5-12)20-14-7-3-6-13(10-18)16(14)19-15(20)8-9-17/h3,6-7,11-12H,2,4-5,8-9H2,1H3. The van der Waals surface area contributed by atoms with Crippen LogP contribution in [-0.2, 0) is 6.42 Å². The number of hydrogen-bond acceptors (Lipinski definition) is 2. The second-order valence-electron chi connectivity index (χ2n) is 5.55. The summed E-state index contributed by atoms with van der Waals surface area (Å²) in [6, 6.07) is 8.51. The molecule has 0 amide bonds. The molecular weight excluding hydrogens is 270 g/mol. The predicted octanol–water partition coefficient (Wildman–Crippen LogP) is 4.05. The number of aromatic nitrogens is 2. The molecule has 0 radical (unpaired) electrons. The number of imidazole rings is 1. The van der Waals surface area contributed by atoms with Crippen LogP contribution < -0.4 is 0 Å². The molecule has 104 valence electrons. The van der Waals surface area contributed by atoms with E-state index in [0.29, 0.717) is 17.5 Å². The van der Waals surface area contributed by atoms with Gasteiger partial charge in [-0.05, 0) is 37.8 Å².